The third-order valence-corrected chi connectivity index (χ3v) is 0.968. The van der Waals surface area contributed by atoms with Crippen molar-refractivity contribution >= 4 is 0 Å². The fraction of sp³-hybridized carbons (Fsp3) is 1.00. The average molecular weight is 138 g/mol. The molecule has 3 nitrogen and oxygen atoms in total. The summed E-state index contributed by atoms with van der Waals surface area (Å²) in [5, 5.41) is 0. The maximum atomic E-state index is 4.00. The van der Waals surface area contributed by atoms with Crippen molar-refractivity contribution in [3.8, 4) is 0 Å². The average Bonchev–Trinajstić information content (AvgIpc) is 1.73. The summed E-state index contributed by atoms with van der Waals surface area (Å²) >= 11 is 2.06. The van der Waals surface area contributed by atoms with E-state index in [-0.39, 0.29) is 0 Å². The maximum Gasteiger partial charge on any atom is -0.274 e. The number of nitrogens with zero attached hydrogens (tertiary/aromatic N) is 1. The Morgan fingerprint density at radius 3 is 1.71 bits per heavy atom. The molecule has 0 saturated heterocycles. The van der Waals surface area contributed by atoms with Crippen LogP contribution in [-0.4, -0.2) is 17.0 Å². The minimum absolute atomic E-state index is 1.14. The van der Waals surface area contributed by atoms with Gasteiger partial charge < -0.3 is 0 Å². The van der Waals surface area contributed by atoms with Crippen molar-refractivity contribution < 1.29 is 20.7 Å². The second-order valence-electron chi connectivity index (χ2n) is 1.01. The monoisotopic (exact) mass is 138 g/mol. The first-order chi connectivity index (χ1) is 3.27. The number of hydrazine groups is 1. The van der Waals surface area contributed by atoms with Crippen LogP contribution >= 0.6 is 0 Å². The molecule has 0 unspecified atom stereocenters. The van der Waals surface area contributed by atoms with Crippen LogP contribution in [0.5, 0.6) is 0 Å². The molecule has 0 spiro atoms. The van der Waals surface area contributed by atoms with E-state index in [1.807, 2.05) is 0 Å². The first-order valence-corrected chi connectivity index (χ1v) is 2.73. The third kappa shape index (κ3) is 20.7. The zero-order valence-corrected chi connectivity index (χ0v) is 6.37. The molecule has 4 heteroatoms. The molecule has 0 aromatic carbocycles. The van der Waals surface area contributed by atoms with E-state index in [2.05, 4.69) is 49.7 Å². The molecule has 0 heterocycles. The van der Waals surface area contributed by atoms with Gasteiger partial charge in [0.15, 0.2) is 0 Å². The SMILES string of the molecule is CC[N](C)[Ti].NN. The van der Waals surface area contributed by atoms with Crippen LogP contribution < -0.4 is 11.7 Å². The standard InChI is InChI=1S/C3H8N.H4N2.Ti/c1-3-4-2;1-2;/h3H2,1-2H3;1-2H2;/q-1;;+1. The molecule has 7 heavy (non-hydrogen) atoms. The Morgan fingerprint density at radius 1 is 1.57 bits per heavy atom. The molecule has 0 bridgehead atoms. The normalized spacial score (nSPS) is 7.43. The summed E-state index contributed by atoms with van der Waals surface area (Å²) in [4.78, 5) is 0. The smallest absolute Gasteiger partial charge is 0.274 e. The van der Waals surface area contributed by atoms with Gasteiger partial charge in [-0.2, -0.15) is 0 Å². The molecular weight excluding hydrogens is 126 g/mol. The van der Waals surface area contributed by atoms with Crippen LogP contribution in [0.3, 0.4) is 0 Å². The van der Waals surface area contributed by atoms with E-state index >= 15 is 0 Å². The Labute approximate surface area is 56.7 Å². The molecule has 0 aromatic rings. The van der Waals surface area contributed by atoms with Crippen LogP contribution in [0.25, 0.3) is 0 Å². The summed E-state index contributed by atoms with van der Waals surface area (Å²) in [5.41, 5.74) is 0. The molecule has 0 saturated carbocycles. The molecule has 0 atom stereocenters. The van der Waals surface area contributed by atoms with E-state index in [4.69, 9.17) is 0 Å². The summed E-state index contributed by atoms with van der Waals surface area (Å²) in [6.07, 6.45) is 0. The maximum absolute atomic E-state index is 4.00. The van der Waals surface area contributed by atoms with Crippen LogP contribution in [0, 0.1) is 0 Å². The summed E-state index contributed by atoms with van der Waals surface area (Å²) in [6, 6.07) is 0. The quantitative estimate of drug-likeness (QED) is 0.284. The van der Waals surface area contributed by atoms with Gasteiger partial charge >= 0.3 is 44.6 Å². The topological polar surface area (TPSA) is 55.3 Å². The summed E-state index contributed by atoms with van der Waals surface area (Å²) in [6.45, 7) is 3.26. The van der Waals surface area contributed by atoms with Gasteiger partial charge in [-0.15, -0.1) is 0 Å². The van der Waals surface area contributed by atoms with Crippen molar-refractivity contribution in [3.63, 3.8) is 0 Å². The van der Waals surface area contributed by atoms with E-state index in [9.17, 15) is 0 Å². The largest absolute Gasteiger partial charge is 0.274 e. The third-order valence-electron chi connectivity index (χ3n) is 0.474. The van der Waals surface area contributed by atoms with Gasteiger partial charge in [0.25, 0.3) is 0 Å². The van der Waals surface area contributed by atoms with Gasteiger partial charge in [-0.05, 0) is 0 Å². The molecule has 0 aromatic heterocycles. The molecular formula is C3H12N3Ti. The van der Waals surface area contributed by atoms with Crippen LogP contribution in [-0.2, 0) is 20.7 Å². The van der Waals surface area contributed by atoms with Crippen molar-refractivity contribution in [2.75, 3.05) is 13.6 Å². The van der Waals surface area contributed by atoms with E-state index in [0.29, 0.717) is 0 Å². The van der Waals surface area contributed by atoms with Crippen LogP contribution in [0.1, 0.15) is 6.92 Å². The van der Waals surface area contributed by atoms with E-state index in [0.717, 1.165) is 6.54 Å². The van der Waals surface area contributed by atoms with Crippen molar-refractivity contribution in [1.82, 2.24) is 3.38 Å². The number of rotatable bonds is 1. The second kappa shape index (κ2) is 9.78. The number of nitrogens with two attached hydrogens (primary N) is 2. The second-order valence-corrected chi connectivity index (χ2v) is 2.21. The molecule has 0 aliphatic rings. The van der Waals surface area contributed by atoms with Crippen LogP contribution in [0.2, 0.25) is 0 Å². The van der Waals surface area contributed by atoms with Gasteiger partial charge in [-0.1, -0.05) is 0 Å². The molecule has 0 aliphatic heterocycles. The van der Waals surface area contributed by atoms with Gasteiger partial charge in [0.2, 0.25) is 0 Å². The fourth-order valence-corrected chi connectivity index (χ4v) is 0. The predicted octanol–water partition coefficient (Wildman–Crippen LogP) is -0.781. The zero-order chi connectivity index (χ0) is 6.28. The molecule has 0 rings (SSSR count). The Hall–Kier alpha value is 0.594. The summed E-state index contributed by atoms with van der Waals surface area (Å²) in [5.74, 6) is 8.00. The fourth-order valence-electron chi connectivity index (χ4n) is 0. The van der Waals surface area contributed by atoms with E-state index in [1.54, 1.807) is 0 Å². The molecule has 0 radical (unpaired) electrons. The minimum atomic E-state index is 1.14. The van der Waals surface area contributed by atoms with Gasteiger partial charge in [0.05, 0.1) is 0 Å². The van der Waals surface area contributed by atoms with E-state index < -0.39 is 0 Å². The molecule has 4 N–H and O–H groups in total. The van der Waals surface area contributed by atoms with Crippen molar-refractivity contribution in [2.45, 2.75) is 6.92 Å². The Bertz CT molecular complexity index is 24.1. The minimum Gasteiger partial charge on any atom is -0.274 e. The van der Waals surface area contributed by atoms with Gasteiger partial charge in [0.1, 0.15) is 0 Å². The summed E-state index contributed by atoms with van der Waals surface area (Å²) < 4.78 is 2.12. The predicted molar refractivity (Wildman–Crippen MR) is 26.7 cm³/mol. The number of hydrogen-bond acceptors (Lipinski definition) is 3. The van der Waals surface area contributed by atoms with Crippen molar-refractivity contribution in [1.29, 1.82) is 0 Å². The van der Waals surface area contributed by atoms with Crippen LogP contribution in [0.4, 0.5) is 0 Å². The Morgan fingerprint density at radius 2 is 1.71 bits per heavy atom. The molecule has 0 aliphatic carbocycles. The van der Waals surface area contributed by atoms with Crippen LogP contribution in [0.15, 0.2) is 0 Å². The van der Waals surface area contributed by atoms with Crippen molar-refractivity contribution in [2.24, 2.45) is 11.7 Å². The van der Waals surface area contributed by atoms with Gasteiger partial charge in [0, 0.05) is 0 Å². The van der Waals surface area contributed by atoms with Gasteiger partial charge in [-0.3, -0.25) is 11.7 Å². The Kier molecular flexibility index (Phi) is 14.7. The Balaban J connectivity index is 0. The molecule has 0 amide bonds. The zero-order valence-electron chi connectivity index (χ0n) is 4.81. The van der Waals surface area contributed by atoms with Gasteiger partial charge in [-0.25, -0.2) is 0 Å². The van der Waals surface area contributed by atoms with Crippen molar-refractivity contribution in [3.05, 3.63) is 0 Å². The molecule has 0 fully saturated rings. The molecule has 43 valence electrons. The first kappa shape index (κ1) is 10.6. The first-order valence-electron chi connectivity index (χ1n) is 2.03. The van der Waals surface area contributed by atoms with E-state index in [1.165, 1.54) is 0 Å². The number of hydrogen-bond donors (Lipinski definition) is 2. The summed E-state index contributed by atoms with van der Waals surface area (Å²) in [7, 11) is 2.06.